The second-order valence-electron chi connectivity index (χ2n) is 3.24. The van der Waals surface area contributed by atoms with Gasteiger partial charge in [0.15, 0.2) is 0 Å². The Morgan fingerprint density at radius 1 is 1.41 bits per heavy atom. The lowest BCUT2D eigenvalue weighted by molar-refractivity contribution is 0.102. The number of rotatable bonds is 2. The van der Waals surface area contributed by atoms with Crippen molar-refractivity contribution < 1.29 is 9.18 Å². The van der Waals surface area contributed by atoms with E-state index in [0.29, 0.717) is 5.56 Å². The number of halogens is 1. The number of nitriles is 1. The molecular weight excluding hydrogens is 239 g/mol. The van der Waals surface area contributed by atoms with Gasteiger partial charge in [-0.05, 0) is 23.6 Å². The predicted octanol–water partition coefficient (Wildman–Crippen LogP) is 3.01. The largest absolute Gasteiger partial charge is 0.321 e. The molecule has 0 bridgehead atoms. The van der Waals surface area contributed by atoms with Gasteiger partial charge in [-0.25, -0.2) is 4.39 Å². The van der Waals surface area contributed by atoms with E-state index in [1.807, 2.05) is 0 Å². The lowest BCUT2D eigenvalue weighted by Crippen LogP contribution is -2.12. The first-order valence-corrected chi connectivity index (χ1v) is 5.69. The molecule has 2 aromatic rings. The molecule has 0 unspecified atom stereocenters. The molecule has 2 rings (SSSR count). The summed E-state index contributed by atoms with van der Waals surface area (Å²) in [5.74, 6) is -0.996. The number of thiophene rings is 1. The Bertz CT molecular complexity index is 587. The Labute approximate surface area is 101 Å². The van der Waals surface area contributed by atoms with E-state index in [1.165, 1.54) is 29.5 Å². The minimum absolute atomic E-state index is 0.156. The lowest BCUT2D eigenvalue weighted by Gasteiger charge is -2.06. The summed E-state index contributed by atoms with van der Waals surface area (Å²) in [4.78, 5) is 11.7. The van der Waals surface area contributed by atoms with Gasteiger partial charge >= 0.3 is 0 Å². The van der Waals surface area contributed by atoms with Crippen LogP contribution in [0.15, 0.2) is 35.0 Å². The van der Waals surface area contributed by atoms with Crippen LogP contribution in [0.5, 0.6) is 0 Å². The second-order valence-corrected chi connectivity index (χ2v) is 4.02. The highest BCUT2D eigenvalue weighted by Gasteiger charge is 2.11. The number of benzene rings is 1. The quantitative estimate of drug-likeness (QED) is 0.885. The average molecular weight is 246 g/mol. The van der Waals surface area contributed by atoms with E-state index >= 15 is 0 Å². The third-order valence-electron chi connectivity index (χ3n) is 2.16. The number of amides is 1. The van der Waals surface area contributed by atoms with Crippen molar-refractivity contribution in [3.63, 3.8) is 0 Å². The summed E-state index contributed by atoms with van der Waals surface area (Å²) >= 11 is 1.39. The summed E-state index contributed by atoms with van der Waals surface area (Å²) in [6.45, 7) is 0. The van der Waals surface area contributed by atoms with Gasteiger partial charge in [0.25, 0.3) is 5.91 Å². The van der Waals surface area contributed by atoms with Crippen molar-refractivity contribution in [2.24, 2.45) is 0 Å². The van der Waals surface area contributed by atoms with Gasteiger partial charge in [0.1, 0.15) is 17.4 Å². The standard InChI is InChI=1S/C12H7FN2OS/c13-10-2-1-3-11(9(10)6-14)15-12(16)8-4-5-17-7-8/h1-5,7H,(H,15,16). The Kier molecular flexibility index (Phi) is 3.17. The Hall–Kier alpha value is -2.19. The fraction of sp³-hybridized carbons (Fsp3) is 0. The molecule has 0 saturated carbocycles. The Balaban J connectivity index is 2.29. The molecule has 0 aliphatic carbocycles. The van der Waals surface area contributed by atoms with Crippen molar-refractivity contribution in [3.05, 3.63) is 52.0 Å². The zero-order chi connectivity index (χ0) is 12.3. The molecular formula is C12H7FN2OS. The molecule has 84 valence electrons. The molecule has 1 aromatic carbocycles. The van der Waals surface area contributed by atoms with Crippen LogP contribution in [0.3, 0.4) is 0 Å². The maximum absolute atomic E-state index is 13.3. The first-order valence-electron chi connectivity index (χ1n) is 4.74. The van der Waals surface area contributed by atoms with Gasteiger partial charge < -0.3 is 5.32 Å². The molecule has 1 N–H and O–H groups in total. The minimum Gasteiger partial charge on any atom is -0.321 e. The molecule has 0 fully saturated rings. The first kappa shape index (κ1) is 11.3. The van der Waals surface area contributed by atoms with Crippen LogP contribution >= 0.6 is 11.3 Å². The summed E-state index contributed by atoms with van der Waals surface area (Å²) in [5.41, 5.74) is 0.517. The van der Waals surface area contributed by atoms with Crippen molar-refractivity contribution in [2.45, 2.75) is 0 Å². The van der Waals surface area contributed by atoms with Crippen LogP contribution in [0.1, 0.15) is 15.9 Å². The summed E-state index contributed by atoms with van der Waals surface area (Å²) in [7, 11) is 0. The highest BCUT2D eigenvalue weighted by molar-refractivity contribution is 7.08. The molecule has 1 heterocycles. The molecule has 0 aliphatic rings. The van der Waals surface area contributed by atoms with Crippen LogP contribution in [0.2, 0.25) is 0 Å². The van der Waals surface area contributed by atoms with E-state index in [1.54, 1.807) is 22.9 Å². The predicted molar refractivity (Wildman–Crippen MR) is 63.4 cm³/mol. The zero-order valence-corrected chi connectivity index (χ0v) is 9.42. The normalized spacial score (nSPS) is 9.65. The lowest BCUT2D eigenvalue weighted by atomic mass is 10.1. The molecule has 3 nitrogen and oxygen atoms in total. The fourth-order valence-electron chi connectivity index (χ4n) is 1.33. The Morgan fingerprint density at radius 2 is 2.24 bits per heavy atom. The third kappa shape index (κ3) is 2.32. The van der Waals surface area contributed by atoms with Crippen molar-refractivity contribution in [3.8, 4) is 6.07 Å². The van der Waals surface area contributed by atoms with E-state index in [0.717, 1.165) is 0 Å². The average Bonchev–Trinajstić information content (AvgIpc) is 2.82. The molecule has 0 radical (unpaired) electrons. The van der Waals surface area contributed by atoms with Gasteiger partial charge in [-0.3, -0.25) is 4.79 Å². The fourth-order valence-corrected chi connectivity index (χ4v) is 1.97. The molecule has 1 amide bonds. The summed E-state index contributed by atoms with van der Waals surface area (Å²) < 4.78 is 13.3. The van der Waals surface area contributed by atoms with Gasteiger partial charge in [-0.15, -0.1) is 0 Å². The third-order valence-corrected chi connectivity index (χ3v) is 2.84. The highest BCUT2D eigenvalue weighted by atomic mass is 32.1. The van der Waals surface area contributed by atoms with Crippen molar-refractivity contribution >= 4 is 22.9 Å². The van der Waals surface area contributed by atoms with Gasteiger partial charge in [-0.1, -0.05) is 6.07 Å². The number of carbonyl (C=O) groups excluding carboxylic acids is 1. The first-order chi connectivity index (χ1) is 8.22. The van der Waals surface area contributed by atoms with E-state index in [-0.39, 0.29) is 17.2 Å². The summed E-state index contributed by atoms with van der Waals surface area (Å²) in [5, 5.41) is 14.8. The van der Waals surface area contributed by atoms with Crippen molar-refractivity contribution in [1.29, 1.82) is 5.26 Å². The number of anilines is 1. The number of nitrogens with zero attached hydrogens (tertiary/aromatic N) is 1. The van der Waals surface area contributed by atoms with Crippen LogP contribution in [0, 0.1) is 17.1 Å². The number of hydrogen-bond donors (Lipinski definition) is 1. The second kappa shape index (κ2) is 4.76. The van der Waals surface area contributed by atoms with E-state index in [4.69, 9.17) is 5.26 Å². The molecule has 0 atom stereocenters. The van der Waals surface area contributed by atoms with E-state index in [9.17, 15) is 9.18 Å². The maximum Gasteiger partial charge on any atom is 0.256 e. The number of nitrogens with one attached hydrogen (secondary N) is 1. The van der Waals surface area contributed by atoms with Crippen LogP contribution in [0.4, 0.5) is 10.1 Å². The SMILES string of the molecule is N#Cc1c(F)cccc1NC(=O)c1ccsc1. The topological polar surface area (TPSA) is 52.9 Å². The van der Waals surface area contributed by atoms with E-state index in [2.05, 4.69) is 5.32 Å². The van der Waals surface area contributed by atoms with Crippen LogP contribution in [-0.2, 0) is 0 Å². The van der Waals surface area contributed by atoms with Gasteiger partial charge in [-0.2, -0.15) is 16.6 Å². The monoisotopic (exact) mass is 246 g/mol. The molecule has 1 aromatic heterocycles. The van der Waals surface area contributed by atoms with Crippen LogP contribution < -0.4 is 5.32 Å². The molecule has 0 aliphatic heterocycles. The summed E-state index contributed by atoms with van der Waals surface area (Å²) in [6.07, 6.45) is 0. The van der Waals surface area contributed by atoms with Gasteiger partial charge in [0.05, 0.1) is 11.3 Å². The van der Waals surface area contributed by atoms with E-state index < -0.39 is 5.82 Å². The smallest absolute Gasteiger partial charge is 0.256 e. The zero-order valence-electron chi connectivity index (χ0n) is 8.61. The maximum atomic E-state index is 13.3. The molecule has 5 heteroatoms. The molecule has 0 spiro atoms. The van der Waals surface area contributed by atoms with Crippen LogP contribution in [0.25, 0.3) is 0 Å². The molecule has 17 heavy (non-hydrogen) atoms. The van der Waals surface area contributed by atoms with Crippen molar-refractivity contribution in [1.82, 2.24) is 0 Å². The Morgan fingerprint density at radius 3 is 2.88 bits per heavy atom. The number of hydrogen-bond acceptors (Lipinski definition) is 3. The summed E-state index contributed by atoms with van der Waals surface area (Å²) in [6, 6.07) is 7.50. The number of carbonyl (C=O) groups is 1. The highest BCUT2D eigenvalue weighted by Crippen LogP contribution is 2.19. The molecule has 0 saturated heterocycles. The van der Waals surface area contributed by atoms with Gasteiger partial charge in [0.2, 0.25) is 0 Å². The minimum atomic E-state index is -0.643. The van der Waals surface area contributed by atoms with Gasteiger partial charge in [0, 0.05) is 5.38 Å². The van der Waals surface area contributed by atoms with Crippen LogP contribution in [-0.4, -0.2) is 5.91 Å². The van der Waals surface area contributed by atoms with Crippen molar-refractivity contribution in [2.75, 3.05) is 5.32 Å².